The van der Waals surface area contributed by atoms with Gasteiger partial charge in [-0.15, -0.1) is 0 Å². The molecule has 0 saturated carbocycles. The Morgan fingerprint density at radius 1 is 0.968 bits per heavy atom. The Morgan fingerprint density at radius 3 is 2.45 bits per heavy atom. The predicted octanol–water partition coefficient (Wildman–Crippen LogP) is 2.10. The third-order valence-electron chi connectivity index (χ3n) is 5.58. The summed E-state index contributed by atoms with van der Waals surface area (Å²) in [5.74, 6) is -0.0162. The fourth-order valence-corrected chi connectivity index (χ4v) is 3.74. The largest absolute Gasteiger partial charge is 0.385 e. The van der Waals surface area contributed by atoms with Gasteiger partial charge in [0, 0.05) is 64.8 Å². The summed E-state index contributed by atoms with van der Waals surface area (Å²) < 4.78 is 4.96. The number of fused-ring (bicyclic) bond motifs is 1. The lowest BCUT2D eigenvalue weighted by molar-refractivity contribution is -0.133. The summed E-state index contributed by atoms with van der Waals surface area (Å²) in [7, 11) is 1.64. The SMILES string of the molecule is COCCCNC(=O)CN1CCN(C(=O)CCC(=O)c2ccc3ccccc3c2)CC1. The minimum absolute atomic E-state index is 0.00203. The van der Waals surface area contributed by atoms with E-state index < -0.39 is 0 Å². The molecule has 1 aliphatic rings. The van der Waals surface area contributed by atoms with Crippen molar-refractivity contribution in [3.05, 3.63) is 48.0 Å². The van der Waals surface area contributed by atoms with Crippen molar-refractivity contribution in [1.29, 1.82) is 0 Å². The molecule has 3 rings (SSSR count). The van der Waals surface area contributed by atoms with Crippen molar-refractivity contribution in [2.24, 2.45) is 0 Å². The standard InChI is InChI=1S/C24H31N3O4/c1-31-16-4-11-25-23(29)18-26-12-14-27(15-13-26)24(30)10-9-22(28)21-8-7-19-5-2-3-6-20(19)17-21/h2-3,5-8,17H,4,9-16,18H2,1H3,(H,25,29). The van der Waals surface area contributed by atoms with Crippen molar-refractivity contribution < 1.29 is 19.1 Å². The molecule has 0 atom stereocenters. The number of nitrogens with zero attached hydrogens (tertiary/aromatic N) is 2. The average molecular weight is 426 g/mol. The molecule has 2 aromatic rings. The number of rotatable bonds is 10. The van der Waals surface area contributed by atoms with E-state index in [2.05, 4.69) is 10.2 Å². The van der Waals surface area contributed by atoms with Gasteiger partial charge in [-0.05, 0) is 23.3 Å². The van der Waals surface area contributed by atoms with Crippen molar-refractivity contribution >= 4 is 28.4 Å². The molecule has 2 aromatic carbocycles. The van der Waals surface area contributed by atoms with Gasteiger partial charge in [0.05, 0.1) is 6.54 Å². The van der Waals surface area contributed by atoms with Gasteiger partial charge in [0.1, 0.15) is 0 Å². The highest BCUT2D eigenvalue weighted by Crippen LogP contribution is 2.17. The number of carbonyl (C=O) groups is 3. The van der Waals surface area contributed by atoms with E-state index in [1.807, 2.05) is 42.5 Å². The predicted molar refractivity (Wildman–Crippen MR) is 120 cm³/mol. The summed E-state index contributed by atoms with van der Waals surface area (Å²) >= 11 is 0. The summed E-state index contributed by atoms with van der Waals surface area (Å²) in [5, 5.41) is 5.00. The second-order valence-electron chi connectivity index (χ2n) is 7.84. The van der Waals surface area contributed by atoms with Gasteiger partial charge in [-0.3, -0.25) is 19.3 Å². The van der Waals surface area contributed by atoms with Crippen LogP contribution in [-0.2, 0) is 14.3 Å². The first-order valence-electron chi connectivity index (χ1n) is 10.8. The van der Waals surface area contributed by atoms with E-state index in [-0.39, 0.29) is 30.4 Å². The number of benzene rings is 2. The average Bonchev–Trinajstić information content (AvgIpc) is 2.80. The van der Waals surface area contributed by atoms with Crippen molar-refractivity contribution in [2.45, 2.75) is 19.3 Å². The van der Waals surface area contributed by atoms with E-state index in [1.165, 1.54) is 0 Å². The van der Waals surface area contributed by atoms with Crippen molar-refractivity contribution in [3.63, 3.8) is 0 Å². The third-order valence-corrected chi connectivity index (χ3v) is 5.58. The number of ketones is 1. The molecule has 1 saturated heterocycles. The maximum absolute atomic E-state index is 12.5. The van der Waals surface area contributed by atoms with Crippen molar-refractivity contribution in [3.8, 4) is 0 Å². The zero-order chi connectivity index (χ0) is 22.1. The number of Topliss-reactive ketones (excluding diaryl/α,β-unsaturated/α-hetero) is 1. The van der Waals surface area contributed by atoms with Crippen LogP contribution in [0.5, 0.6) is 0 Å². The molecule has 166 valence electrons. The highest BCUT2D eigenvalue weighted by Gasteiger charge is 2.22. The normalized spacial score (nSPS) is 14.5. The van der Waals surface area contributed by atoms with Crippen LogP contribution in [0.2, 0.25) is 0 Å². The summed E-state index contributed by atoms with van der Waals surface area (Å²) in [5.41, 5.74) is 0.646. The zero-order valence-corrected chi connectivity index (χ0v) is 18.1. The molecule has 1 N–H and O–H groups in total. The number of ether oxygens (including phenoxy) is 1. The minimum atomic E-state index is -0.0112. The number of amides is 2. The van der Waals surface area contributed by atoms with Gasteiger partial charge in [0.15, 0.2) is 5.78 Å². The van der Waals surface area contributed by atoms with Crippen LogP contribution in [0, 0.1) is 0 Å². The van der Waals surface area contributed by atoms with Crippen molar-refractivity contribution in [1.82, 2.24) is 15.1 Å². The van der Waals surface area contributed by atoms with Gasteiger partial charge in [-0.25, -0.2) is 0 Å². The van der Waals surface area contributed by atoms with E-state index in [4.69, 9.17) is 4.74 Å². The third kappa shape index (κ3) is 6.87. The Bertz CT molecular complexity index is 907. The summed E-state index contributed by atoms with van der Waals surface area (Å²) in [4.78, 5) is 40.9. The van der Waals surface area contributed by atoms with E-state index in [1.54, 1.807) is 12.0 Å². The van der Waals surface area contributed by atoms with Crippen LogP contribution < -0.4 is 5.32 Å². The van der Waals surface area contributed by atoms with Crippen LogP contribution in [0.3, 0.4) is 0 Å². The molecule has 0 unspecified atom stereocenters. The summed E-state index contributed by atoms with van der Waals surface area (Å²) in [6.07, 6.45) is 1.22. The molecule has 7 nitrogen and oxygen atoms in total. The van der Waals surface area contributed by atoms with Crippen LogP contribution in [0.25, 0.3) is 10.8 Å². The molecule has 1 aliphatic heterocycles. The van der Waals surface area contributed by atoms with E-state index in [0.29, 0.717) is 51.4 Å². The molecule has 31 heavy (non-hydrogen) atoms. The van der Waals surface area contributed by atoms with E-state index in [9.17, 15) is 14.4 Å². The summed E-state index contributed by atoms with van der Waals surface area (Å²) in [6.45, 7) is 4.07. The number of hydrogen-bond acceptors (Lipinski definition) is 5. The Hall–Kier alpha value is -2.77. The van der Waals surface area contributed by atoms with E-state index >= 15 is 0 Å². The fourth-order valence-electron chi connectivity index (χ4n) is 3.74. The summed E-state index contributed by atoms with van der Waals surface area (Å²) in [6, 6.07) is 13.6. The van der Waals surface area contributed by atoms with Crippen LogP contribution in [0.4, 0.5) is 0 Å². The molecular weight excluding hydrogens is 394 g/mol. The topological polar surface area (TPSA) is 79.0 Å². The number of carbonyl (C=O) groups excluding carboxylic acids is 3. The Kier molecular flexibility index (Phi) is 8.55. The Balaban J connectivity index is 1.38. The number of nitrogens with one attached hydrogen (secondary N) is 1. The lowest BCUT2D eigenvalue weighted by atomic mass is 10.0. The Labute approximate surface area is 183 Å². The molecule has 0 aromatic heterocycles. The second-order valence-corrected chi connectivity index (χ2v) is 7.84. The van der Waals surface area contributed by atoms with Gasteiger partial charge in [0.2, 0.25) is 11.8 Å². The molecule has 0 aliphatic carbocycles. The van der Waals surface area contributed by atoms with Crippen LogP contribution in [-0.4, -0.2) is 80.4 Å². The van der Waals surface area contributed by atoms with E-state index in [0.717, 1.165) is 17.2 Å². The maximum atomic E-state index is 12.5. The lowest BCUT2D eigenvalue weighted by Crippen LogP contribution is -2.51. The second kappa shape index (κ2) is 11.6. The molecule has 1 heterocycles. The number of piperazine rings is 1. The molecule has 0 spiro atoms. The molecule has 0 bridgehead atoms. The zero-order valence-electron chi connectivity index (χ0n) is 18.1. The molecule has 2 amide bonds. The van der Waals surface area contributed by atoms with Gasteiger partial charge >= 0.3 is 0 Å². The quantitative estimate of drug-likeness (QED) is 0.466. The fraction of sp³-hybridized carbons (Fsp3) is 0.458. The van der Waals surface area contributed by atoms with Gasteiger partial charge < -0.3 is 15.0 Å². The van der Waals surface area contributed by atoms with Crippen LogP contribution >= 0.6 is 0 Å². The van der Waals surface area contributed by atoms with Crippen LogP contribution in [0.15, 0.2) is 42.5 Å². The van der Waals surface area contributed by atoms with Crippen molar-refractivity contribution in [2.75, 3.05) is 53.0 Å². The molecular formula is C24H31N3O4. The minimum Gasteiger partial charge on any atom is -0.385 e. The monoisotopic (exact) mass is 425 g/mol. The maximum Gasteiger partial charge on any atom is 0.234 e. The highest BCUT2D eigenvalue weighted by molar-refractivity contribution is 6.01. The van der Waals surface area contributed by atoms with Gasteiger partial charge in [-0.2, -0.15) is 0 Å². The molecule has 7 heteroatoms. The first-order chi connectivity index (χ1) is 15.1. The number of hydrogen-bond donors (Lipinski definition) is 1. The number of methoxy groups -OCH3 is 1. The van der Waals surface area contributed by atoms with Crippen LogP contribution in [0.1, 0.15) is 29.6 Å². The van der Waals surface area contributed by atoms with Gasteiger partial charge in [0.25, 0.3) is 0 Å². The lowest BCUT2D eigenvalue weighted by Gasteiger charge is -2.34. The smallest absolute Gasteiger partial charge is 0.234 e. The Morgan fingerprint density at radius 2 is 1.71 bits per heavy atom. The first kappa shape index (κ1) is 22.9. The molecule has 0 radical (unpaired) electrons. The highest BCUT2D eigenvalue weighted by atomic mass is 16.5. The van der Waals surface area contributed by atoms with Gasteiger partial charge in [-0.1, -0.05) is 36.4 Å². The molecule has 1 fully saturated rings. The first-order valence-corrected chi connectivity index (χ1v) is 10.8.